The quantitative estimate of drug-likeness (QED) is 0.489. The third-order valence-electron chi connectivity index (χ3n) is 6.38. The molecule has 0 unspecified atom stereocenters. The van der Waals surface area contributed by atoms with Crippen LogP contribution in [0.25, 0.3) is 0 Å². The van der Waals surface area contributed by atoms with Gasteiger partial charge in [0.15, 0.2) is 0 Å². The zero-order valence-electron chi connectivity index (χ0n) is 20.5. The van der Waals surface area contributed by atoms with Crippen LogP contribution < -0.4 is 11.1 Å². The van der Waals surface area contributed by atoms with Crippen molar-refractivity contribution >= 4 is 11.9 Å². The van der Waals surface area contributed by atoms with E-state index in [2.05, 4.69) is 9.97 Å². The van der Waals surface area contributed by atoms with E-state index in [1.165, 1.54) is 6.07 Å². The summed E-state index contributed by atoms with van der Waals surface area (Å²) < 4.78 is 15.5. The first kappa shape index (κ1) is 27.3. The number of pyridine rings is 2. The van der Waals surface area contributed by atoms with Crippen molar-refractivity contribution in [2.24, 2.45) is 11.8 Å². The van der Waals surface area contributed by atoms with Crippen LogP contribution in [0.15, 0.2) is 34.1 Å². The lowest BCUT2D eigenvalue weighted by molar-refractivity contribution is 0.0522. The fourth-order valence-electron chi connectivity index (χ4n) is 4.38. The number of aromatic nitrogens is 2. The standard InChI is InChI=1S/C14H19NO4.C12H15NO4/c1-2-19-14(17)12-8-11(9-15-13(12)16)7-10-3-5-18-6-4-10;14-11-10(12(15)16)6-9(7-13-11)5-8-1-3-17-4-2-8/h8-10H,2-7H2,1H3,(H,15,16);6-8H,1-5H2,(H,13,14)(H,15,16). The van der Waals surface area contributed by atoms with E-state index in [0.29, 0.717) is 11.8 Å². The Bertz CT molecular complexity index is 1130. The number of aromatic carboxylic acids is 1. The van der Waals surface area contributed by atoms with Gasteiger partial charge in [0.25, 0.3) is 11.1 Å². The smallest absolute Gasteiger partial charge is 0.343 e. The van der Waals surface area contributed by atoms with Crippen LogP contribution in [0.4, 0.5) is 0 Å². The molecule has 4 heterocycles. The Labute approximate surface area is 209 Å². The van der Waals surface area contributed by atoms with Crippen LogP contribution in [0.2, 0.25) is 0 Å². The molecule has 3 N–H and O–H groups in total. The number of carbonyl (C=O) groups excluding carboxylic acids is 1. The molecule has 0 aromatic carbocycles. The molecule has 0 saturated carbocycles. The lowest BCUT2D eigenvalue weighted by atomic mass is 9.93. The molecular weight excluding hydrogens is 468 g/mol. The fourth-order valence-corrected chi connectivity index (χ4v) is 4.38. The van der Waals surface area contributed by atoms with E-state index in [1.807, 2.05) is 0 Å². The number of H-pyrrole nitrogens is 2. The number of carboxylic acids is 1. The predicted octanol–water partition coefficient (Wildman–Crippen LogP) is 2.56. The van der Waals surface area contributed by atoms with Gasteiger partial charge < -0.3 is 29.3 Å². The Kier molecular flexibility index (Phi) is 10.4. The first-order valence-electron chi connectivity index (χ1n) is 12.4. The summed E-state index contributed by atoms with van der Waals surface area (Å²) >= 11 is 0. The SMILES string of the molecule is CCOC(=O)c1cc(CC2CCOCC2)c[nH]c1=O.O=C(O)c1cc(CC2CCOCC2)c[nH]c1=O. The number of hydrogen-bond acceptors (Lipinski definition) is 7. The minimum Gasteiger partial charge on any atom is -0.477 e. The zero-order chi connectivity index (χ0) is 25.9. The first-order chi connectivity index (χ1) is 17.4. The Morgan fingerprint density at radius 1 is 0.861 bits per heavy atom. The summed E-state index contributed by atoms with van der Waals surface area (Å²) in [6, 6.07) is 3.11. The van der Waals surface area contributed by atoms with Crippen molar-refractivity contribution in [1.29, 1.82) is 0 Å². The maximum absolute atomic E-state index is 11.6. The summed E-state index contributed by atoms with van der Waals surface area (Å²) in [6.45, 7) is 5.09. The van der Waals surface area contributed by atoms with Crippen LogP contribution in [0.3, 0.4) is 0 Å². The molecule has 2 aliphatic heterocycles. The topological polar surface area (TPSA) is 148 Å². The molecule has 4 rings (SSSR count). The van der Waals surface area contributed by atoms with Gasteiger partial charge in [0, 0.05) is 38.8 Å². The third-order valence-corrected chi connectivity index (χ3v) is 6.38. The van der Waals surface area contributed by atoms with Gasteiger partial charge in [-0.05, 0) is 80.5 Å². The molecule has 0 spiro atoms. The fraction of sp³-hybridized carbons (Fsp3) is 0.538. The van der Waals surface area contributed by atoms with E-state index in [-0.39, 0.29) is 17.7 Å². The molecule has 10 nitrogen and oxygen atoms in total. The van der Waals surface area contributed by atoms with E-state index in [1.54, 1.807) is 25.4 Å². The van der Waals surface area contributed by atoms with Gasteiger partial charge >= 0.3 is 11.9 Å². The van der Waals surface area contributed by atoms with Crippen LogP contribution >= 0.6 is 0 Å². The Morgan fingerprint density at radius 2 is 1.31 bits per heavy atom. The molecule has 196 valence electrons. The lowest BCUT2D eigenvalue weighted by Gasteiger charge is -2.21. The van der Waals surface area contributed by atoms with Gasteiger partial charge in [-0.2, -0.15) is 0 Å². The van der Waals surface area contributed by atoms with E-state index in [4.69, 9.17) is 19.3 Å². The molecule has 2 aromatic rings. The van der Waals surface area contributed by atoms with Crippen molar-refractivity contribution in [1.82, 2.24) is 9.97 Å². The zero-order valence-corrected chi connectivity index (χ0v) is 20.5. The van der Waals surface area contributed by atoms with Crippen molar-refractivity contribution in [3.05, 3.63) is 67.5 Å². The molecule has 10 heteroatoms. The monoisotopic (exact) mass is 502 g/mol. The molecule has 0 amide bonds. The van der Waals surface area contributed by atoms with E-state index >= 15 is 0 Å². The highest BCUT2D eigenvalue weighted by Crippen LogP contribution is 2.20. The van der Waals surface area contributed by atoms with Crippen molar-refractivity contribution in [2.45, 2.75) is 45.4 Å². The number of carbonyl (C=O) groups is 2. The van der Waals surface area contributed by atoms with Crippen LogP contribution in [0, 0.1) is 11.8 Å². The maximum atomic E-state index is 11.6. The second kappa shape index (κ2) is 13.7. The van der Waals surface area contributed by atoms with Gasteiger partial charge in [0.1, 0.15) is 11.1 Å². The van der Waals surface area contributed by atoms with Gasteiger partial charge in [-0.3, -0.25) is 9.59 Å². The lowest BCUT2D eigenvalue weighted by Crippen LogP contribution is -2.22. The van der Waals surface area contributed by atoms with Gasteiger partial charge in [0.05, 0.1) is 6.61 Å². The largest absolute Gasteiger partial charge is 0.477 e. The highest BCUT2D eigenvalue weighted by Gasteiger charge is 2.18. The average molecular weight is 503 g/mol. The molecule has 0 atom stereocenters. The number of esters is 1. The first-order valence-corrected chi connectivity index (χ1v) is 12.4. The van der Waals surface area contributed by atoms with E-state index < -0.39 is 23.1 Å². The average Bonchev–Trinajstić information content (AvgIpc) is 2.88. The molecular formula is C26H34N2O8. The second-order valence-electron chi connectivity index (χ2n) is 9.05. The van der Waals surface area contributed by atoms with Crippen LogP contribution in [-0.4, -0.2) is 60.0 Å². The van der Waals surface area contributed by atoms with Crippen molar-refractivity contribution in [2.75, 3.05) is 33.0 Å². The summed E-state index contributed by atoms with van der Waals surface area (Å²) in [5, 5.41) is 8.86. The number of hydrogen-bond donors (Lipinski definition) is 3. The maximum Gasteiger partial charge on any atom is 0.343 e. The van der Waals surface area contributed by atoms with Gasteiger partial charge in [-0.15, -0.1) is 0 Å². The molecule has 36 heavy (non-hydrogen) atoms. The van der Waals surface area contributed by atoms with E-state index in [0.717, 1.165) is 76.1 Å². The number of rotatable bonds is 7. The molecule has 2 aromatic heterocycles. The summed E-state index contributed by atoms with van der Waals surface area (Å²) in [5.74, 6) is -0.677. The van der Waals surface area contributed by atoms with Crippen molar-refractivity contribution in [3.63, 3.8) is 0 Å². The Hall–Kier alpha value is -3.24. The van der Waals surface area contributed by atoms with Crippen LogP contribution in [-0.2, 0) is 27.1 Å². The molecule has 2 fully saturated rings. The number of ether oxygens (including phenoxy) is 3. The second-order valence-corrected chi connectivity index (χ2v) is 9.05. The highest BCUT2D eigenvalue weighted by atomic mass is 16.5. The summed E-state index contributed by atoms with van der Waals surface area (Å²) in [7, 11) is 0. The normalized spacial score (nSPS) is 16.6. The number of aromatic amines is 2. The van der Waals surface area contributed by atoms with E-state index in [9.17, 15) is 19.2 Å². The van der Waals surface area contributed by atoms with Gasteiger partial charge in [-0.25, -0.2) is 9.59 Å². The summed E-state index contributed by atoms with van der Waals surface area (Å²) in [5.41, 5.74) is 0.798. The molecule has 0 aliphatic carbocycles. The summed E-state index contributed by atoms with van der Waals surface area (Å²) in [6.07, 6.45) is 8.95. The van der Waals surface area contributed by atoms with Crippen LogP contribution in [0.1, 0.15) is 64.4 Å². The third kappa shape index (κ3) is 8.17. The minimum atomic E-state index is -1.18. The molecule has 0 radical (unpaired) electrons. The summed E-state index contributed by atoms with van der Waals surface area (Å²) in [4.78, 5) is 50.4. The van der Waals surface area contributed by atoms with Gasteiger partial charge in [0.2, 0.25) is 0 Å². The highest BCUT2D eigenvalue weighted by molar-refractivity contribution is 5.89. The molecule has 2 aliphatic rings. The van der Waals surface area contributed by atoms with Crippen molar-refractivity contribution < 1.29 is 28.9 Å². The molecule has 2 saturated heterocycles. The predicted molar refractivity (Wildman–Crippen MR) is 132 cm³/mol. The number of nitrogens with one attached hydrogen (secondary N) is 2. The van der Waals surface area contributed by atoms with Crippen LogP contribution in [0.5, 0.6) is 0 Å². The number of carboxylic acid groups (broad SMARTS) is 1. The van der Waals surface area contributed by atoms with Gasteiger partial charge in [-0.1, -0.05) is 0 Å². The minimum absolute atomic E-state index is 0.0893. The molecule has 0 bridgehead atoms. The Balaban J connectivity index is 0.000000202. The Morgan fingerprint density at radius 3 is 1.75 bits per heavy atom. The van der Waals surface area contributed by atoms with Crippen molar-refractivity contribution in [3.8, 4) is 0 Å².